The van der Waals surface area contributed by atoms with Gasteiger partial charge in [0.15, 0.2) is 11.4 Å². The first kappa shape index (κ1) is 16.2. The van der Waals surface area contributed by atoms with Gasteiger partial charge in [0.05, 0.1) is 29.5 Å². The van der Waals surface area contributed by atoms with E-state index >= 15 is 0 Å². The lowest BCUT2D eigenvalue weighted by molar-refractivity contribution is 0.633. The molecule has 4 N–H and O–H groups in total. The van der Waals surface area contributed by atoms with E-state index in [2.05, 4.69) is 9.69 Å². The van der Waals surface area contributed by atoms with Crippen LogP contribution in [0.5, 0.6) is 0 Å². The van der Waals surface area contributed by atoms with Gasteiger partial charge in [-0.3, -0.25) is 0 Å². The summed E-state index contributed by atoms with van der Waals surface area (Å²) in [5.41, 5.74) is 10.7. The molecule has 0 saturated heterocycles. The minimum absolute atomic E-state index is 0.0763. The van der Waals surface area contributed by atoms with E-state index < -0.39 is 11.6 Å². The number of rotatable bonds is 0. The number of nitrogens with zero attached hydrogens (tertiary/aromatic N) is 2. The van der Waals surface area contributed by atoms with Gasteiger partial charge in [-0.15, -0.1) is 0 Å². The molecule has 0 atom stereocenters. The minimum atomic E-state index is -0.650. The summed E-state index contributed by atoms with van der Waals surface area (Å²) in [6.07, 6.45) is 0. The van der Waals surface area contributed by atoms with E-state index in [1.165, 1.54) is 18.2 Å². The largest absolute Gasteiger partial charge is 0.396 e. The van der Waals surface area contributed by atoms with Gasteiger partial charge in [-0.2, -0.15) is 0 Å². The van der Waals surface area contributed by atoms with Crippen LogP contribution < -0.4 is 11.5 Å². The van der Waals surface area contributed by atoms with Crippen molar-refractivity contribution in [1.82, 2.24) is 0 Å². The number of anilines is 2. The van der Waals surface area contributed by atoms with Gasteiger partial charge in [-0.1, -0.05) is 17.7 Å². The maximum atomic E-state index is 12.7. The van der Waals surface area contributed by atoms with Crippen molar-refractivity contribution >= 4 is 34.4 Å². The highest BCUT2D eigenvalue weighted by atomic mass is 35.5. The van der Waals surface area contributed by atoms with Gasteiger partial charge in [0.1, 0.15) is 11.6 Å². The summed E-state index contributed by atoms with van der Waals surface area (Å²) in [6.45, 7) is 13.1. The molecule has 0 amide bonds. The lowest BCUT2D eigenvalue weighted by Gasteiger charge is -1.98. The third kappa shape index (κ3) is 4.34. The first-order valence-corrected chi connectivity index (χ1v) is 5.81. The van der Waals surface area contributed by atoms with Gasteiger partial charge in [0.2, 0.25) is 0 Å². The fourth-order valence-electron chi connectivity index (χ4n) is 1.22. The molecule has 2 aromatic rings. The highest BCUT2D eigenvalue weighted by molar-refractivity contribution is 6.33. The molecule has 0 fully saturated rings. The number of hydrogen-bond acceptors (Lipinski definition) is 2. The minimum Gasteiger partial charge on any atom is -0.396 e. The molecule has 21 heavy (non-hydrogen) atoms. The van der Waals surface area contributed by atoms with Gasteiger partial charge in [-0.05, 0) is 24.3 Å². The van der Waals surface area contributed by atoms with Crippen LogP contribution in [0.3, 0.4) is 0 Å². The van der Waals surface area contributed by atoms with Gasteiger partial charge < -0.3 is 11.5 Å². The Bertz CT molecular complexity index is 725. The molecule has 106 valence electrons. The predicted molar refractivity (Wildman–Crippen MR) is 79.2 cm³/mol. The Morgan fingerprint density at radius 2 is 1.48 bits per heavy atom. The fraction of sp³-hybridized carbons (Fsp3) is 0. The van der Waals surface area contributed by atoms with Crippen LogP contribution in [0, 0.1) is 24.8 Å². The van der Waals surface area contributed by atoms with E-state index in [0.29, 0.717) is 0 Å². The first-order chi connectivity index (χ1) is 9.88. The fourth-order valence-corrected chi connectivity index (χ4v) is 1.42. The SMILES string of the molecule is [C-]#[N+]c1cc(F)c(N)c(Cl)c1.[C-]#[N+]c1ccc(N)c(F)c1. The second kappa shape index (κ2) is 7.09. The van der Waals surface area contributed by atoms with Gasteiger partial charge in [-0.25, -0.2) is 18.5 Å². The topological polar surface area (TPSA) is 60.8 Å². The van der Waals surface area contributed by atoms with Crippen LogP contribution in [0.25, 0.3) is 9.69 Å². The Morgan fingerprint density at radius 1 is 0.905 bits per heavy atom. The number of benzene rings is 2. The Balaban J connectivity index is 0.000000211. The monoisotopic (exact) mass is 306 g/mol. The Hall–Kier alpha value is -2.83. The smallest absolute Gasteiger partial charge is 0.191 e. The quantitative estimate of drug-likeness (QED) is 0.553. The van der Waals surface area contributed by atoms with E-state index in [4.69, 9.17) is 36.2 Å². The number of nitrogen functional groups attached to an aromatic ring is 2. The van der Waals surface area contributed by atoms with E-state index in [0.717, 1.165) is 12.1 Å². The lowest BCUT2D eigenvalue weighted by atomic mass is 10.3. The standard InChI is InChI=1S/C7H4ClFN2.C7H5FN2/c1-11-4-2-5(8)7(10)6(9)3-4;1-10-5-2-3-7(9)6(8)4-5/h2-3H,10H2;2-4H,9H2. The third-order valence-corrected chi connectivity index (χ3v) is 2.62. The van der Waals surface area contributed by atoms with Gasteiger partial charge in [0, 0.05) is 0 Å². The maximum absolute atomic E-state index is 12.7. The molecule has 0 aromatic heterocycles. The molecular formula is C14H9ClF2N4. The molecule has 0 aliphatic carbocycles. The average molecular weight is 307 g/mol. The van der Waals surface area contributed by atoms with Gasteiger partial charge >= 0.3 is 0 Å². The summed E-state index contributed by atoms with van der Waals surface area (Å²) in [7, 11) is 0. The molecule has 0 spiro atoms. The van der Waals surface area contributed by atoms with Crippen LogP contribution in [0.2, 0.25) is 5.02 Å². The normalized spacial score (nSPS) is 9.00. The number of hydrogen-bond donors (Lipinski definition) is 2. The average Bonchev–Trinajstić information content (AvgIpc) is 2.47. The predicted octanol–water partition coefficient (Wildman–Crippen LogP) is 4.57. The zero-order valence-corrected chi connectivity index (χ0v) is 11.3. The second-order valence-corrected chi connectivity index (χ2v) is 4.16. The van der Waals surface area contributed by atoms with Gasteiger partial charge in [0.25, 0.3) is 0 Å². The van der Waals surface area contributed by atoms with Crippen LogP contribution in [-0.2, 0) is 0 Å². The van der Waals surface area contributed by atoms with Crippen molar-refractivity contribution in [1.29, 1.82) is 0 Å². The molecule has 0 aliphatic rings. The molecule has 0 bridgehead atoms. The van der Waals surface area contributed by atoms with Crippen molar-refractivity contribution in [2.45, 2.75) is 0 Å². The zero-order chi connectivity index (χ0) is 16.0. The Kier molecular flexibility index (Phi) is 5.48. The van der Waals surface area contributed by atoms with Crippen LogP contribution >= 0.6 is 11.6 Å². The molecule has 0 unspecified atom stereocenters. The molecule has 2 aromatic carbocycles. The molecular weight excluding hydrogens is 298 g/mol. The van der Waals surface area contributed by atoms with Crippen LogP contribution in [0.1, 0.15) is 0 Å². The van der Waals surface area contributed by atoms with Crippen LogP contribution in [-0.4, -0.2) is 0 Å². The molecule has 0 aliphatic heterocycles. The summed E-state index contributed by atoms with van der Waals surface area (Å²) in [5, 5.41) is 0.0796. The van der Waals surface area contributed by atoms with E-state index in [1.54, 1.807) is 0 Å². The highest BCUT2D eigenvalue weighted by Crippen LogP contribution is 2.27. The van der Waals surface area contributed by atoms with Crippen molar-refractivity contribution in [3.05, 3.63) is 69.8 Å². The highest BCUT2D eigenvalue weighted by Gasteiger charge is 2.04. The second-order valence-electron chi connectivity index (χ2n) is 3.75. The summed E-state index contributed by atoms with van der Waals surface area (Å²) in [6, 6.07) is 6.34. The molecule has 0 saturated carbocycles. The summed E-state index contributed by atoms with van der Waals surface area (Å²) < 4.78 is 25.2. The molecule has 0 radical (unpaired) electrons. The lowest BCUT2D eigenvalue weighted by Crippen LogP contribution is -1.90. The number of halogens is 3. The van der Waals surface area contributed by atoms with Crippen molar-refractivity contribution in [2.24, 2.45) is 0 Å². The summed E-state index contributed by atoms with van der Waals surface area (Å²) in [4.78, 5) is 6.03. The summed E-state index contributed by atoms with van der Waals surface area (Å²) >= 11 is 5.49. The molecule has 2 rings (SSSR count). The van der Waals surface area contributed by atoms with E-state index in [1.807, 2.05) is 0 Å². The summed E-state index contributed by atoms with van der Waals surface area (Å²) in [5.74, 6) is -1.18. The Morgan fingerprint density at radius 3 is 1.95 bits per heavy atom. The van der Waals surface area contributed by atoms with Crippen LogP contribution in [0.15, 0.2) is 30.3 Å². The Labute approximate surface area is 125 Å². The molecule has 4 nitrogen and oxygen atoms in total. The maximum Gasteiger partial charge on any atom is 0.191 e. The molecule has 0 heterocycles. The van der Waals surface area contributed by atoms with E-state index in [-0.39, 0.29) is 27.8 Å². The van der Waals surface area contributed by atoms with Crippen molar-refractivity contribution in [3.8, 4) is 0 Å². The number of nitrogens with two attached hydrogens (primary N) is 2. The third-order valence-electron chi connectivity index (χ3n) is 2.31. The first-order valence-electron chi connectivity index (χ1n) is 5.43. The van der Waals surface area contributed by atoms with Crippen LogP contribution in [0.4, 0.5) is 31.5 Å². The molecule has 7 heteroatoms. The van der Waals surface area contributed by atoms with Crippen molar-refractivity contribution < 1.29 is 8.78 Å². The van der Waals surface area contributed by atoms with E-state index in [9.17, 15) is 8.78 Å². The van der Waals surface area contributed by atoms with Crippen molar-refractivity contribution in [3.63, 3.8) is 0 Å². The van der Waals surface area contributed by atoms with Crippen molar-refractivity contribution in [2.75, 3.05) is 11.5 Å². The zero-order valence-electron chi connectivity index (χ0n) is 10.6.